The van der Waals surface area contributed by atoms with E-state index in [1.165, 1.54) is 24.4 Å². The molecule has 6 nitrogen and oxygen atoms in total. The van der Waals surface area contributed by atoms with Gasteiger partial charge in [0.25, 0.3) is 0 Å². The minimum atomic E-state index is 0.105. The van der Waals surface area contributed by atoms with Gasteiger partial charge in [-0.05, 0) is 25.1 Å². The molecule has 17 heavy (non-hydrogen) atoms. The van der Waals surface area contributed by atoms with Crippen LogP contribution in [0.25, 0.3) is 0 Å². The Labute approximate surface area is 98.2 Å². The van der Waals surface area contributed by atoms with E-state index < -0.39 is 0 Å². The van der Waals surface area contributed by atoms with Crippen molar-refractivity contribution in [3.63, 3.8) is 0 Å². The van der Waals surface area contributed by atoms with Crippen molar-refractivity contribution >= 4 is 5.71 Å². The summed E-state index contributed by atoms with van der Waals surface area (Å²) in [5.74, 6) is 0.522. The van der Waals surface area contributed by atoms with Crippen LogP contribution < -0.4 is 4.74 Å². The van der Waals surface area contributed by atoms with Gasteiger partial charge in [-0.3, -0.25) is 0 Å². The number of hydrogen-bond acceptors (Lipinski definition) is 5. The van der Waals surface area contributed by atoms with E-state index in [1.807, 2.05) is 6.92 Å². The van der Waals surface area contributed by atoms with Crippen molar-refractivity contribution in [1.82, 2.24) is 14.9 Å². The van der Waals surface area contributed by atoms with Gasteiger partial charge >= 0.3 is 0 Å². The van der Waals surface area contributed by atoms with E-state index in [-0.39, 0.29) is 5.75 Å². The average Bonchev–Trinajstić information content (AvgIpc) is 2.82. The zero-order chi connectivity index (χ0) is 12.3. The van der Waals surface area contributed by atoms with E-state index in [1.54, 1.807) is 18.2 Å². The Morgan fingerprint density at radius 3 is 2.71 bits per heavy atom. The Bertz CT molecular complexity index is 534. The minimum absolute atomic E-state index is 0.105. The largest absolute Gasteiger partial charge is 0.504 e. The summed E-state index contributed by atoms with van der Waals surface area (Å²) in [5.41, 5.74) is 1.62. The fourth-order valence-corrected chi connectivity index (χ4v) is 1.38. The first-order chi connectivity index (χ1) is 8.20. The summed E-state index contributed by atoms with van der Waals surface area (Å²) in [6, 6.07) is 5.05. The Balaban J connectivity index is 2.34. The van der Waals surface area contributed by atoms with Crippen molar-refractivity contribution < 1.29 is 9.84 Å². The first kappa shape index (κ1) is 11.1. The van der Waals surface area contributed by atoms with Gasteiger partial charge in [-0.1, -0.05) is 0 Å². The summed E-state index contributed by atoms with van der Waals surface area (Å²) in [5, 5.41) is 21.1. The van der Waals surface area contributed by atoms with Crippen molar-refractivity contribution in [1.29, 1.82) is 0 Å². The van der Waals surface area contributed by atoms with Crippen LogP contribution in [-0.2, 0) is 0 Å². The van der Waals surface area contributed by atoms with Crippen molar-refractivity contribution in [3.05, 3.63) is 36.4 Å². The molecule has 88 valence electrons. The van der Waals surface area contributed by atoms with Gasteiger partial charge < -0.3 is 9.84 Å². The van der Waals surface area contributed by atoms with Gasteiger partial charge in [0.15, 0.2) is 11.5 Å². The third-order valence-electron chi connectivity index (χ3n) is 2.27. The van der Waals surface area contributed by atoms with E-state index in [4.69, 9.17) is 4.74 Å². The highest BCUT2D eigenvalue weighted by Crippen LogP contribution is 2.26. The number of phenolic OH excluding ortho intramolecular Hbond substituents is 1. The Kier molecular flexibility index (Phi) is 3.04. The van der Waals surface area contributed by atoms with Gasteiger partial charge in [0.05, 0.1) is 12.8 Å². The molecule has 1 N–H and O–H groups in total. The Hall–Kier alpha value is -2.37. The minimum Gasteiger partial charge on any atom is -0.504 e. The molecule has 1 aromatic heterocycles. The molecule has 0 spiro atoms. The second-order valence-electron chi connectivity index (χ2n) is 3.41. The van der Waals surface area contributed by atoms with E-state index in [9.17, 15) is 5.11 Å². The smallest absolute Gasteiger partial charge is 0.161 e. The fraction of sp³-hybridized carbons (Fsp3) is 0.182. The number of benzene rings is 1. The molecule has 0 saturated carbocycles. The normalized spacial score (nSPS) is 11.5. The molecule has 0 radical (unpaired) electrons. The van der Waals surface area contributed by atoms with Crippen molar-refractivity contribution in [2.45, 2.75) is 6.92 Å². The molecule has 0 amide bonds. The molecule has 0 aliphatic carbocycles. The Morgan fingerprint density at radius 1 is 1.35 bits per heavy atom. The van der Waals surface area contributed by atoms with Gasteiger partial charge in [0.1, 0.15) is 12.7 Å². The number of nitrogens with zero attached hydrogens (tertiary/aromatic N) is 4. The average molecular weight is 232 g/mol. The van der Waals surface area contributed by atoms with Crippen molar-refractivity contribution in [3.8, 4) is 11.5 Å². The molecule has 2 rings (SSSR count). The molecule has 0 atom stereocenters. The van der Waals surface area contributed by atoms with Crippen LogP contribution in [0.3, 0.4) is 0 Å². The summed E-state index contributed by atoms with van der Waals surface area (Å²) in [6.45, 7) is 1.85. The molecular formula is C11H12N4O2. The van der Waals surface area contributed by atoms with Crippen LogP contribution in [0, 0.1) is 0 Å². The predicted molar refractivity (Wildman–Crippen MR) is 62.3 cm³/mol. The molecule has 0 unspecified atom stereocenters. The third-order valence-corrected chi connectivity index (χ3v) is 2.27. The summed E-state index contributed by atoms with van der Waals surface area (Å²) in [4.78, 5) is 0. The molecule has 1 heterocycles. The molecule has 0 bridgehead atoms. The lowest BCUT2D eigenvalue weighted by Crippen LogP contribution is -1.99. The predicted octanol–water partition coefficient (Wildman–Crippen LogP) is 1.26. The molecule has 1 aromatic carbocycles. The number of aromatic hydroxyl groups is 1. The van der Waals surface area contributed by atoms with Crippen molar-refractivity contribution in [2.75, 3.05) is 7.11 Å². The fourth-order valence-electron chi connectivity index (χ4n) is 1.38. The summed E-state index contributed by atoms with van der Waals surface area (Å²) < 4.78 is 6.54. The summed E-state index contributed by atoms with van der Waals surface area (Å²) >= 11 is 0. The maximum atomic E-state index is 9.48. The van der Waals surface area contributed by atoms with Crippen LogP contribution in [0.5, 0.6) is 11.5 Å². The molecule has 6 heteroatoms. The SMILES string of the molecule is COc1cc(/C(C)=N/n2cnnc2)ccc1O. The van der Waals surface area contributed by atoms with E-state index in [0.717, 1.165) is 11.3 Å². The Morgan fingerprint density at radius 2 is 2.06 bits per heavy atom. The van der Waals surface area contributed by atoms with Gasteiger partial charge in [0, 0.05) is 5.56 Å². The van der Waals surface area contributed by atoms with Gasteiger partial charge in [0.2, 0.25) is 0 Å². The summed E-state index contributed by atoms with van der Waals surface area (Å²) in [7, 11) is 1.51. The lowest BCUT2D eigenvalue weighted by molar-refractivity contribution is 0.373. The lowest BCUT2D eigenvalue weighted by atomic mass is 10.1. The number of rotatable bonds is 3. The van der Waals surface area contributed by atoms with Crippen LogP contribution >= 0.6 is 0 Å². The first-order valence-corrected chi connectivity index (χ1v) is 4.98. The molecule has 0 fully saturated rings. The molecule has 0 aliphatic heterocycles. The zero-order valence-electron chi connectivity index (χ0n) is 9.53. The van der Waals surface area contributed by atoms with E-state index in [0.29, 0.717) is 5.75 Å². The van der Waals surface area contributed by atoms with Crippen LogP contribution in [0.4, 0.5) is 0 Å². The van der Waals surface area contributed by atoms with E-state index >= 15 is 0 Å². The number of methoxy groups -OCH3 is 1. The number of ether oxygens (including phenoxy) is 1. The van der Waals surface area contributed by atoms with E-state index in [2.05, 4.69) is 15.3 Å². The van der Waals surface area contributed by atoms with Gasteiger partial charge in [-0.2, -0.15) is 5.10 Å². The molecule has 0 aliphatic rings. The molecular weight excluding hydrogens is 220 g/mol. The van der Waals surface area contributed by atoms with Gasteiger partial charge in [-0.25, -0.2) is 4.68 Å². The maximum Gasteiger partial charge on any atom is 0.161 e. The number of phenols is 1. The van der Waals surface area contributed by atoms with Crippen molar-refractivity contribution in [2.24, 2.45) is 5.10 Å². The van der Waals surface area contributed by atoms with Gasteiger partial charge in [-0.15, -0.1) is 10.2 Å². The van der Waals surface area contributed by atoms with Crippen LogP contribution in [0.2, 0.25) is 0 Å². The van der Waals surface area contributed by atoms with Crippen LogP contribution in [-0.4, -0.2) is 32.8 Å². The zero-order valence-corrected chi connectivity index (χ0v) is 9.53. The quantitative estimate of drug-likeness (QED) is 0.809. The molecule has 2 aromatic rings. The number of hydrogen-bond donors (Lipinski definition) is 1. The third kappa shape index (κ3) is 2.41. The lowest BCUT2D eigenvalue weighted by Gasteiger charge is -2.06. The molecule has 0 saturated heterocycles. The summed E-state index contributed by atoms with van der Waals surface area (Å²) in [6.07, 6.45) is 3.00. The van der Waals surface area contributed by atoms with Crippen LogP contribution in [0.1, 0.15) is 12.5 Å². The van der Waals surface area contributed by atoms with Crippen LogP contribution in [0.15, 0.2) is 36.0 Å². The second-order valence-corrected chi connectivity index (χ2v) is 3.41. The highest BCUT2D eigenvalue weighted by atomic mass is 16.5. The maximum absolute atomic E-state index is 9.48. The first-order valence-electron chi connectivity index (χ1n) is 4.98. The highest BCUT2D eigenvalue weighted by Gasteiger charge is 2.05. The standard InChI is InChI=1S/C11H12N4O2/c1-8(14-15-6-12-13-7-15)9-3-4-10(16)11(5-9)17-2/h3-7,16H,1-2H3/b14-8+. The second kappa shape index (κ2) is 4.65. The topological polar surface area (TPSA) is 72.5 Å². The highest BCUT2D eigenvalue weighted by molar-refractivity contribution is 5.99. The number of aromatic nitrogens is 3. The monoisotopic (exact) mass is 232 g/mol.